The monoisotopic (exact) mass is 436 g/mol. The van der Waals surface area contributed by atoms with Gasteiger partial charge in [0.15, 0.2) is 0 Å². The van der Waals surface area contributed by atoms with Crippen molar-refractivity contribution in [3.8, 4) is 0 Å². The van der Waals surface area contributed by atoms with Crippen molar-refractivity contribution < 1.29 is 0 Å². The second-order valence-corrected chi connectivity index (χ2v) is 8.88. The van der Waals surface area contributed by atoms with E-state index in [1.807, 2.05) is 24.3 Å². The van der Waals surface area contributed by atoms with E-state index in [0.717, 1.165) is 99.8 Å². The van der Waals surface area contributed by atoms with Gasteiger partial charge < -0.3 is 11.5 Å². The highest BCUT2D eigenvalue weighted by atomic mass is 15.1. The quantitative estimate of drug-likeness (QED) is 0.229. The van der Waals surface area contributed by atoms with Crippen LogP contribution in [0.25, 0.3) is 0 Å². The van der Waals surface area contributed by atoms with Crippen LogP contribution in [0, 0.1) is 0 Å². The minimum Gasteiger partial charge on any atom is -0.399 e. The largest absolute Gasteiger partial charge is 0.399 e. The van der Waals surface area contributed by atoms with E-state index in [1.54, 1.807) is 0 Å². The molecule has 0 fully saturated rings. The number of rotatable bonds is 14. The fourth-order valence-electron chi connectivity index (χ4n) is 4.27. The third-order valence-electron chi connectivity index (χ3n) is 6.23. The SMILES string of the molecule is CCCCc1c(N)c(CCCC)c(CCCC)c(N=Nc2ccc(N)cc2)c1CCCC. The fourth-order valence-corrected chi connectivity index (χ4v) is 4.27. The summed E-state index contributed by atoms with van der Waals surface area (Å²) >= 11 is 0. The van der Waals surface area contributed by atoms with Gasteiger partial charge in [0.25, 0.3) is 0 Å². The fraction of sp³-hybridized carbons (Fsp3) is 0.571. The molecule has 2 aromatic rings. The van der Waals surface area contributed by atoms with Crippen LogP contribution < -0.4 is 11.5 Å². The zero-order valence-electron chi connectivity index (χ0n) is 20.8. The van der Waals surface area contributed by atoms with Gasteiger partial charge in [0.05, 0.1) is 11.4 Å². The minimum absolute atomic E-state index is 0.743. The maximum Gasteiger partial charge on any atom is 0.0927 e. The molecular weight excluding hydrogens is 392 g/mol. The molecule has 32 heavy (non-hydrogen) atoms. The molecule has 0 aliphatic carbocycles. The molecule has 0 aliphatic rings. The lowest BCUT2D eigenvalue weighted by Gasteiger charge is -2.23. The first-order valence-corrected chi connectivity index (χ1v) is 12.8. The lowest BCUT2D eigenvalue weighted by atomic mass is 9.85. The Labute approximate surface area is 195 Å². The van der Waals surface area contributed by atoms with Crippen molar-refractivity contribution in [3.05, 3.63) is 46.5 Å². The van der Waals surface area contributed by atoms with Crippen LogP contribution in [0.5, 0.6) is 0 Å². The third kappa shape index (κ3) is 7.08. The van der Waals surface area contributed by atoms with E-state index in [0.29, 0.717) is 0 Å². The van der Waals surface area contributed by atoms with E-state index in [1.165, 1.54) is 22.3 Å². The molecule has 0 radical (unpaired) electrons. The first kappa shape index (κ1) is 25.9. The van der Waals surface area contributed by atoms with Crippen molar-refractivity contribution in [2.45, 2.75) is 105 Å². The summed E-state index contributed by atoms with van der Waals surface area (Å²) in [6.45, 7) is 8.99. The van der Waals surface area contributed by atoms with Crippen LogP contribution in [0.2, 0.25) is 0 Å². The molecule has 2 aromatic carbocycles. The number of hydrogen-bond donors (Lipinski definition) is 2. The van der Waals surface area contributed by atoms with Gasteiger partial charge in [0, 0.05) is 11.4 Å². The molecule has 4 N–H and O–H groups in total. The highest BCUT2D eigenvalue weighted by molar-refractivity contribution is 5.71. The van der Waals surface area contributed by atoms with Crippen molar-refractivity contribution in [2.75, 3.05) is 11.5 Å². The van der Waals surface area contributed by atoms with Gasteiger partial charge in [-0.1, -0.05) is 53.4 Å². The summed E-state index contributed by atoms with van der Waals surface area (Å²) in [5.41, 5.74) is 21.8. The molecule has 0 aromatic heterocycles. The summed E-state index contributed by atoms with van der Waals surface area (Å²) < 4.78 is 0. The molecule has 0 unspecified atom stereocenters. The van der Waals surface area contributed by atoms with Gasteiger partial charge in [-0.05, 0) is 97.9 Å². The molecule has 0 saturated heterocycles. The normalized spacial score (nSPS) is 11.5. The van der Waals surface area contributed by atoms with Gasteiger partial charge in [0.1, 0.15) is 0 Å². The summed E-state index contributed by atoms with van der Waals surface area (Å²) in [5.74, 6) is 0. The average Bonchev–Trinajstić information content (AvgIpc) is 2.80. The molecule has 0 atom stereocenters. The van der Waals surface area contributed by atoms with Gasteiger partial charge in [-0.2, -0.15) is 5.11 Å². The highest BCUT2D eigenvalue weighted by Gasteiger charge is 2.21. The Bertz CT molecular complexity index is 812. The molecule has 4 nitrogen and oxygen atoms in total. The van der Waals surface area contributed by atoms with E-state index in [4.69, 9.17) is 16.6 Å². The predicted octanol–water partition coefficient (Wildman–Crippen LogP) is 8.64. The van der Waals surface area contributed by atoms with E-state index >= 15 is 0 Å². The van der Waals surface area contributed by atoms with Crippen molar-refractivity contribution in [3.63, 3.8) is 0 Å². The standard InChI is InChI=1S/C28H44N4/c1-5-9-13-23-25(15-11-7-3)28(32-31-22-19-17-21(29)18-20-22)26(16-12-8-4)24(27(23)30)14-10-6-2/h17-20H,5-16,29-30H2,1-4H3. The van der Waals surface area contributed by atoms with Crippen LogP contribution in [-0.4, -0.2) is 0 Å². The lowest BCUT2D eigenvalue weighted by Crippen LogP contribution is -2.10. The molecule has 0 bridgehead atoms. The average molecular weight is 437 g/mol. The summed E-state index contributed by atoms with van der Waals surface area (Å²) in [5, 5.41) is 9.58. The van der Waals surface area contributed by atoms with Gasteiger partial charge in [-0.25, -0.2) is 0 Å². The molecule has 2 rings (SSSR count). The molecule has 0 heterocycles. The van der Waals surface area contributed by atoms with Crippen LogP contribution in [0.3, 0.4) is 0 Å². The first-order chi connectivity index (χ1) is 15.6. The summed E-state index contributed by atoms with van der Waals surface area (Å²) in [6.07, 6.45) is 13.3. The lowest BCUT2D eigenvalue weighted by molar-refractivity contribution is 0.737. The molecule has 4 heteroatoms. The molecule has 0 aliphatic heterocycles. The van der Waals surface area contributed by atoms with Gasteiger partial charge >= 0.3 is 0 Å². The number of nitrogens with two attached hydrogens (primary N) is 2. The first-order valence-electron chi connectivity index (χ1n) is 12.8. The maximum absolute atomic E-state index is 6.92. The van der Waals surface area contributed by atoms with Crippen LogP contribution in [0.15, 0.2) is 34.5 Å². The summed E-state index contributed by atoms with van der Waals surface area (Å²) in [7, 11) is 0. The van der Waals surface area contributed by atoms with Crippen molar-refractivity contribution in [1.82, 2.24) is 0 Å². The molecular formula is C28H44N4. The van der Waals surface area contributed by atoms with Gasteiger partial charge in [-0.15, -0.1) is 5.11 Å². The summed E-state index contributed by atoms with van der Waals surface area (Å²) in [6, 6.07) is 7.63. The third-order valence-corrected chi connectivity index (χ3v) is 6.23. The molecule has 0 amide bonds. The molecule has 0 spiro atoms. The Hall–Kier alpha value is -2.36. The number of nitrogens with zero attached hydrogens (tertiary/aromatic N) is 2. The smallest absolute Gasteiger partial charge is 0.0927 e. The van der Waals surface area contributed by atoms with Crippen LogP contribution in [-0.2, 0) is 25.7 Å². The van der Waals surface area contributed by atoms with Crippen LogP contribution in [0.4, 0.5) is 22.7 Å². The van der Waals surface area contributed by atoms with Gasteiger partial charge in [0.2, 0.25) is 0 Å². The Kier molecular flexibility index (Phi) is 11.3. The highest BCUT2D eigenvalue weighted by Crippen LogP contribution is 2.40. The maximum atomic E-state index is 6.92. The predicted molar refractivity (Wildman–Crippen MR) is 140 cm³/mol. The number of anilines is 2. The van der Waals surface area contributed by atoms with Crippen LogP contribution in [0.1, 0.15) is 101 Å². The van der Waals surface area contributed by atoms with E-state index < -0.39 is 0 Å². The molecule has 0 saturated carbocycles. The number of unbranched alkanes of at least 4 members (excludes halogenated alkanes) is 4. The van der Waals surface area contributed by atoms with Gasteiger partial charge in [-0.3, -0.25) is 0 Å². The van der Waals surface area contributed by atoms with E-state index in [9.17, 15) is 0 Å². The number of hydrogen-bond acceptors (Lipinski definition) is 4. The second-order valence-electron chi connectivity index (χ2n) is 8.88. The number of nitrogen functional groups attached to an aromatic ring is 2. The zero-order chi connectivity index (χ0) is 23.3. The Morgan fingerprint density at radius 3 is 1.38 bits per heavy atom. The van der Waals surface area contributed by atoms with Crippen molar-refractivity contribution in [2.24, 2.45) is 10.2 Å². The Balaban J connectivity index is 2.71. The Morgan fingerprint density at radius 1 is 0.562 bits per heavy atom. The topological polar surface area (TPSA) is 76.8 Å². The zero-order valence-corrected chi connectivity index (χ0v) is 20.8. The summed E-state index contributed by atoms with van der Waals surface area (Å²) in [4.78, 5) is 0. The van der Waals surface area contributed by atoms with E-state index in [-0.39, 0.29) is 0 Å². The van der Waals surface area contributed by atoms with Crippen molar-refractivity contribution >= 4 is 22.7 Å². The number of benzene rings is 2. The van der Waals surface area contributed by atoms with Crippen LogP contribution >= 0.6 is 0 Å². The van der Waals surface area contributed by atoms with Crippen molar-refractivity contribution in [1.29, 1.82) is 0 Å². The number of azo groups is 1. The second kappa shape index (κ2) is 13.9. The minimum atomic E-state index is 0.743. The van der Waals surface area contributed by atoms with E-state index in [2.05, 4.69) is 32.8 Å². The molecule has 176 valence electrons. The Morgan fingerprint density at radius 2 is 0.969 bits per heavy atom.